The van der Waals surface area contributed by atoms with E-state index in [1.54, 1.807) is 16.8 Å². The van der Waals surface area contributed by atoms with Gasteiger partial charge < -0.3 is 5.32 Å². The van der Waals surface area contributed by atoms with Crippen LogP contribution in [-0.2, 0) is 27.8 Å². The number of amides is 1. The molecule has 1 amide bonds. The molecule has 2 aromatic carbocycles. The Labute approximate surface area is 176 Å². The fraction of sp³-hybridized carbons (Fsp3) is 0.381. The van der Waals surface area contributed by atoms with Crippen LogP contribution in [0.4, 0.5) is 0 Å². The van der Waals surface area contributed by atoms with Gasteiger partial charge in [0.05, 0.1) is 10.4 Å². The lowest BCUT2D eigenvalue weighted by Crippen LogP contribution is -2.24. The van der Waals surface area contributed by atoms with Crippen molar-refractivity contribution in [3.63, 3.8) is 0 Å². The minimum atomic E-state index is -3.51. The zero-order valence-electron chi connectivity index (χ0n) is 17.3. The Morgan fingerprint density at radius 1 is 1.10 bits per heavy atom. The highest BCUT2D eigenvalue weighted by Crippen LogP contribution is 2.19. The highest BCUT2D eigenvalue weighted by molar-refractivity contribution is 7.89. The van der Waals surface area contributed by atoms with E-state index in [4.69, 9.17) is 0 Å². The van der Waals surface area contributed by atoms with Gasteiger partial charge in [0.1, 0.15) is 5.52 Å². The van der Waals surface area contributed by atoms with Crippen molar-refractivity contribution in [2.24, 2.45) is 0 Å². The van der Waals surface area contributed by atoms with Crippen LogP contribution in [0.5, 0.6) is 0 Å². The van der Waals surface area contributed by atoms with Crippen molar-refractivity contribution < 1.29 is 13.2 Å². The zero-order chi connectivity index (χ0) is 21.6. The van der Waals surface area contributed by atoms with Crippen LogP contribution in [0.25, 0.3) is 11.0 Å². The van der Waals surface area contributed by atoms with E-state index in [1.165, 1.54) is 25.7 Å². The van der Waals surface area contributed by atoms with Crippen LogP contribution >= 0.6 is 0 Å². The average molecular weight is 430 g/mol. The van der Waals surface area contributed by atoms with E-state index in [0.29, 0.717) is 31.4 Å². The minimum Gasteiger partial charge on any atom is -0.356 e. The van der Waals surface area contributed by atoms with Crippen molar-refractivity contribution in [3.05, 3.63) is 54.1 Å². The Bertz CT molecular complexity index is 1090. The second kappa shape index (κ2) is 9.82. The van der Waals surface area contributed by atoms with Gasteiger partial charge in [-0.15, -0.1) is 5.10 Å². The summed E-state index contributed by atoms with van der Waals surface area (Å²) in [7, 11) is -0.535. The molecule has 0 saturated carbocycles. The highest BCUT2D eigenvalue weighted by atomic mass is 32.2. The van der Waals surface area contributed by atoms with Crippen molar-refractivity contribution in [2.45, 2.75) is 37.1 Å². The topological polar surface area (TPSA) is 97.2 Å². The molecule has 1 N–H and O–H groups in total. The van der Waals surface area contributed by atoms with Crippen LogP contribution < -0.4 is 5.32 Å². The van der Waals surface area contributed by atoms with Gasteiger partial charge in [0, 0.05) is 33.6 Å². The number of benzene rings is 2. The summed E-state index contributed by atoms with van der Waals surface area (Å²) in [5.41, 5.74) is 2.53. The predicted molar refractivity (Wildman–Crippen MR) is 115 cm³/mol. The molecule has 3 rings (SSSR count). The summed E-state index contributed by atoms with van der Waals surface area (Å²) in [4.78, 5) is 12.2. The largest absolute Gasteiger partial charge is 0.356 e. The first kappa shape index (κ1) is 21.9. The van der Waals surface area contributed by atoms with Crippen molar-refractivity contribution in [1.82, 2.24) is 24.6 Å². The third-order valence-electron chi connectivity index (χ3n) is 4.84. The van der Waals surface area contributed by atoms with Gasteiger partial charge in [0.2, 0.25) is 15.9 Å². The number of hydrogen-bond acceptors (Lipinski definition) is 5. The molecule has 0 bridgehead atoms. The van der Waals surface area contributed by atoms with E-state index in [-0.39, 0.29) is 10.8 Å². The Morgan fingerprint density at radius 3 is 2.60 bits per heavy atom. The summed E-state index contributed by atoms with van der Waals surface area (Å²) in [6, 6.07) is 15.0. The Morgan fingerprint density at radius 2 is 1.87 bits per heavy atom. The summed E-state index contributed by atoms with van der Waals surface area (Å²) in [5, 5.41) is 11.1. The Balaban J connectivity index is 1.46. The fourth-order valence-corrected chi connectivity index (χ4v) is 4.05. The van der Waals surface area contributed by atoms with Gasteiger partial charge in [0.15, 0.2) is 0 Å². The molecule has 0 unspecified atom stereocenters. The van der Waals surface area contributed by atoms with Crippen molar-refractivity contribution in [3.8, 4) is 0 Å². The lowest BCUT2D eigenvalue weighted by Gasteiger charge is -2.11. The molecule has 9 heteroatoms. The van der Waals surface area contributed by atoms with Crippen LogP contribution in [0, 0.1) is 0 Å². The van der Waals surface area contributed by atoms with Crippen molar-refractivity contribution in [2.75, 3.05) is 20.6 Å². The van der Waals surface area contributed by atoms with E-state index < -0.39 is 10.0 Å². The van der Waals surface area contributed by atoms with E-state index in [0.717, 1.165) is 22.7 Å². The Hall–Kier alpha value is -2.78. The molecule has 3 aromatic rings. The number of rotatable bonds is 10. The molecule has 0 fully saturated rings. The average Bonchev–Trinajstić information content (AvgIpc) is 3.14. The van der Waals surface area contributed by atoms with E-state index in [9.17, 15) is 13.2 Å². The van der Waals surface area contributed by atoms with E-state index >= 15 is 0 Å². The third kappa shape index (κ3) is 5.43. The van der Waals surface area contributed by atoms with E-state index in [2.05, 4.69) is 27.8 Å². The number of carbonyl (C=O) groups excluding carboxylic acids is 1. The fourth-order valence-electron chi connectivity index (χ4n) is 3.13. The summed E-state index contributed by atoms with van der Waals surface area (Å²) >= 11 is 0. The molecule has 160 valence electrons. The number of carbonyl (C=O) groups is 1. The van der Waals surface area contributed by atoms with Gasteiger partial charge in [-0.2, -0.15) is 0 Å². The number of nitrogens with zero attached hydrogens (tertiary/aromatic N) is 4. The molecule has 8 nitrogen and oxygen atoms in total. The van der Waals surface area contributed by atoms with Gasteiger partial charge in [-0.05, 0) is 43.0 Å². The molecule has 0 aliphatic carbocycles. The van der Waals surface area contributed by atoms with Crippen molar-refractivity contribution >= 4 is 27.0 Å². The maximum Gasteiger partial charge on any atom is 0.242 e. The Kier molecular flexibility index (Phi) is 7.17. The number of fused-ring (bicyclic) bond motifs is 1. The van der Waals surface area contributed by atoms with Gasteiger partial charge >= 0.3 is 0 Å². The standard InChI is InChI=1S/C21H27N5O3S/c1-25(2)30(28,29)18-12-13-20-19(16-18)23-24-26(20)15-7-11-21(27)22-14-6-10-17-8-4-3-5-9-17/h3-5,8-9,12-13,16H,6-7,10-11,14-15H2,1-2H3,(H,22,27). The first-order chi connectivity index (χ1) is 14.4. The highest BCUT2D eigenvalue weighted by Gasteiger charge is 2.18. The van der Waals surface area contributed by atoms with Crippen LogP contribution in [0.15, 0.2) is 53.4 Å². The number of sulfonamides is 1. The quantitative estimate of drug-likeness (QED) is 0.499. The zero-order valence-corrected chi connectivity index (χ0v) is 18.1. The number of aromatic nitrogens is 3. The van der Waals surface area contributed by atoms with Crippen LogP contribution in [0.1, 0.15) is 24.8 Å². The summed E-state index contributed by atoms with van der Waals surface area (Å²) in [5.74, 6) is 0.0202. The second-order valence-electron chi connectivity index (χ2n) is 7.29. The maximum atomic E-state index is 12.2. The van der Waals surface area contributed by atoms with Gasteiger partial charge in [-0.1, -0.05) is 35.5 Å². The molecule has 1 heterocycles. The summed E-state index contributed by atoms with van der Waals surface area (Å²) in [6.07, 6.45) is 2.87. The molecular weight excluding hydrogens is 402 g/mol. The molecule has 1 aromatic heterocycles. The van der Waals surface area contributed by atoms with Gasteiger partial charge in [-0.25, -0.2) is 17.4 Å². The van der Waals surface area contributed by atoms with Crippen molar-refractivity contribution in [1.29, 1.82) is 0 Å². The predicted octanol–water partition coefficient (Wildman–Crippen LogP) is 2.21. The number of aryl methyl sites for hydroxylation is 2. The van der Waals surface area contributed by atoms with Gasteiger partial charge in [0.25, 0.3) is 0 Å². The number of nitrogens with one attached hydrogen (secondary N) is 1. The molecule has 30 heavy (non-hydrogen) atoms. The SMILES string of the molecule is CN(C)S(=O)(=O)c1ccc2c(c1)nnn2CCCC(=O)NCCCc1ccccc1. The van der Waals surface area contributed by atoms with Crippen LogP contribution in [-0.4, -0.2) is 54.3 Å². The van der Waals surface area contributed by atoms with Gasteiger partial charge in [-0.3, -0.25) is 4.79 Å². The normalized spacial score (nSPS) is 11.8. The molecule has 0 aliphatic rings. The first-order valence-corrected chi connectivity index (χ1v) is 11.4. The van der Waals surface area contributed by atoms with Crippen LogP contribution in [0.3, 0.4) is 0 Å². The third-order valence-corrected chi connectivity index (χ3v) is 6.66. The van der Waals surface area contributed by atoms with E-state index in [1.807, 2.05) is 18.2 Å². The number of hydrogen-bond donors (Lipinski definition) is 1. The molecule has 0 atom stereocenters. The summed E-state index contributed by atoms with van der Waals surface area (Å²) < 4.78 is 27.4. The first-order valence-electron chi connectivity index (χ1n) is 9.94. The monoisotopic (exact) mass is 429 g/mol. The molecule has 0 aliphatic heterocycles. The lowest BCUT2D eigenvalue weighted by atomic mass is 10.1. The minimum absolute atomic E-state index is 0.0202. The second-order valence-corrected chi connectivity index (χ2v) is 9.45. The molecular formula is C21H27N5O3S. The molecule has 0 spiro atoms. The molecule has 0 radical (unpaired) electrons. The molecule has 0 saturated heterocycles. The smallest absolute Gasteiger partial charge is 0.242 e. The lowest BCUT2D eigenvalue weighted by molar-refractivity contribution is -0.121. The maximum absolute atomic E-state index is 12.2. The van der Waals surface area contributed by atoms with Crippen LogP contribution in [0.2, 0.25) is 0 Å². The summed E-state index contributed by atoms with van der Waals surface area (Å²) in [6.45, 7) is 1.19.